The highest BCUT2D eigenvalue weighted by Gasteiger charge is 2.35. The van der Waals surface area contributed by atoms with Gasteiger partial charge in [-0.2, -0.15) is 11.8 Å². The molecule has 37 heavy (non-hydrogen) atoms. The summed E-state index contributed by atoms with van der Waals surface area (Å²) in [7, 11) is -2.73. The zero-order chi connectivity index (χ0) is 26.4. The number of nitrogens with zero attached hydrogens (tertiary/aromatic N) is 5. The van der Waals surface area contributed by atoms with Crippen molar-refractivity contribution >= 4 is 48.1 Å². The van der Waals surface area contributed by atoms with Gasteiger partial charge in [-0.05, 0) is 37.0 Å². The molecule has 3 aromatic rings. The van der Waals surface area contributed by atoms with Crippen LogP contribution < -0.4 is 16.3 Å². The van der Waals surface area contributed by atoms with E-state index in [-0.39, 0.29) is 18.6 Å². The average molecular weight is 548 g/mol. The predicted octanol–water partition coefficient (Wildman–Crippen LogP) is 3.34. The summed E-state index contributed by atoms with van der Waals surface area (Å²) < 4.78 is 25.4. The first-order chi connectivity index (χ1) is 17.8. The van der Waals surface area contributed by atoms with E-state index in [0.717, 1.165) is 0 Å². The van der Waals surface area contributed by atoms with Gasteiger partial charge in [-0.25, -0.2) is 34.9 Å². The molecule has 14 heteroatoms. The molecular weight excluding hydrogens is 517 g/mol. The highest BCUT2D eigenvalue weighted by atomic mass is 32.2. The molecule has 0 bridgehead atoms. The molecule has 12 nitrogen and oxygen atoms in total. The van der Waals surface area contributed by atoms with Crippen LogP contribution in [-0.4, -0.2) is 57.3 Å². The smallest absolute Gasteiger partial charge is 0.382 e. The Bertz CT molecular complexity index is 1290. The molecule has 0 fully saturated rings. The monoisotopic (exact) mass is 547 g/mol. The third kappa shape index (κ3) is 6.49. The van der Waals surface area contributed by atoms with Crippen LogP contribution in [0, 0.1) is 5.92 Å². The van der Waals surface area contributed by atoms with Gasteiger partial charge in [-0.1, -0.05) is 30.4 Å². The van der Waals surface area contributed by atoms with E-state index in [0.29, 0.717) is 41.3 Å². The Labute approximate surface area is 218 Å². The van der Waals surface area contributed by atoms with Gasteiger partial charge in [-0.15, -0.1) is 0 Å². The maximum Gasteiger partial charge on any atom is 0.458 e. The molecule has 1 aromatic carbocycles. The molecule has 0 spiro atoms. The summed E-state index contributed by atoms with van der Waals surface area (Å²) in [6.45, 7) is 0.0139. The number of benzene rings is 1. The lowest BCUT2D eigenvalue weighted by Crippen LogP contribution is -2.42. The van der Waals surface area contributed by atoms with Crippen LogP contribution in [0.15, 0.2) is 55.1 Å². The van der Waals surface area contributed by atoms with Crippen LogP contribution in [0.3, 0.4) is 0 Å². The third-order valence-electron chi connectivity index (χ3n) is 5.94. The van der Waals surface area contributed by atoms with E-state index in [1.165, 1.54) is 18.5 Å². The number of aromatic nitrogens is 4. The van der Waals surface area contributed by atoms with Crippen LogP contribution in [0.2, 0.25) is 0 Å². The Balaban J connectivity index is 1.36. The molecule has 0 amide bonds. The Morgan fingerprint density at radius 3 is 2.78 bits per heavy atom. The number of hydrogen-bond donors (Lipinski definition) is 2. The molecule has 1 aliphatic carbocycles. The van der Waals surface area contributed by atoms with Crippen molar-refractivity contribution in [3.8, 4) is 0 Å². The van der Waals surface area contributed by atoms with Gasteiger partial charge in [0.15, 0.2) is 17.5 Å². The summed E-state index contributed by atoms with van der Waals surface area (Å²) in [6.07, 6.45) is 9.92. The summed E-state index contributed by atoms with van der Waals surface area (Å²) in [6, 6.07) is 8.19. The third-order valence-corrected chi connectivity index (χ3v) is 7.53. The molecule has 1 unspecified atom stereocenters. The van der Waals surface area contributed by atoms with E-state index in [2.05, 4.69) is 15.0 Å². The largest absolute Gasteiger partial charge is 0.458 e. The quantitative estimate of drug-likeness (QED) is 0.194. The van der Waals surface area contributed by atoms with E-state index >= 15 is 0 Å². The molecule has 0 aliphatic heterocycles. The molecule has 4 atom stereocenters. The van der Waals surface area contributed by atoms with Gasteiger partial charge in [0.25, 0.3) is 0 Å². The highest BCUT2D eigenvalue weighted by Crippen LogP contribution is 2.42. The van der Waals surface area contributed by atoms with Crippen LogP contribution in [0.4, 0.5) is 11.5 Å². The van der Waals surface area contributed by atoms with E-state index < -0.39 is 19.8 Å². The molecule has 2 aromatic heterocycles. The van der Waals surface area contributed by atoms with Crippen molar-refractivity contribution in [2.24, 2.45) is 11.4 Å². The summed E-state index contributed by atoms with van der Waals surface area (Å²) in [5, 5.41) is 1.43. The predicted molar refractivity (Wildman–Crippen MR) is 143 cm³/mol. The zero-order valence-electron chi connectivity index (χ0n) is 20.5. The first kappa shape index (κ1) is 27.1. The molecular formula is C23H30N7O5PS. The minimum Gasteiger partial charge on any atom is -0.382 e. The van der Waals surface area contributed by atoms with E-state index in [1.807, 2.05) is 41.2 Å². The molecule has 4 rings (SSSR count). The Morgan fingerprint density at radius 1 is 1.27 bits per heavy atom. The number of carbonyl (C=O) groups is 1. The number of allylic oxidation sites excluding steroid dienone is 1. The number of para-hydroxylation sites is 1. The first-order valence-electron chi connectivity index (χ1n) is 11.6. The van der Waals surface area contributed by atoms with Crippen LogP contribution in [-0.2, 0) is 23.2 Å². The standard InChI is InChI=1S/C23H30N7O5PS/c1-33-30(17-6-4-3-5-7-17)19(10-11-37-2)23(31)35-36(25,32)34-13-16-8-9-18(12-16)29-15-28-20-21(24)26-14-27-22(20)29/h3-9,14-16,18-19H,10-13H2,1-2H3,(H2,25,32)(H2,24,26,27)/t16-,18+,19-,36?/m0/s1. The second-order valence-corrected chi connectivity index (χ2v) is 10.9. The van der Waals surface area contributed by atoms with Gasteiger partial charge in [0.1, 0.15) is 11.8 Å². The molecule has 1 aliphatic rings. The number of rotatable bonds is 12. The van der Waals surface area contributed by atoms with Crippen molar-refractivity contribution < 1.29 is 23.2 Å². The van der Waals surface area contributed by atoms with Gasteiger partial charge in [0.2, 0.25) is 0 Å². The van der Waals surface area contributed by atoms with Gasteiger partial charge in [0, 0.05) is 5.92 Å². The van der Waals surface area contributed by atoms with Crippen molar-refractivity contribution in [3.63, 3.8) is 0 Å². The second kappa shape index (κ2) is 12.1. The van der Waals surface area contributed by atoms with Crippen LogP contribution in [0.1, 0.15) is 18.9 Å². The van der Waals surface area contributed by atoms with Gasteiger partial charge in [-0.3, -0.25) is 9.36 Å². The number of nitrogen functional groups attached to an aromatic ring is 1. The van der Waals surface area contributed by atoms with E-state index in [4.69, 9.17) is 25.1 Å². The van der Waals surface area contributed by atoms with Crippen molar-refractivity contribution in [3.05, 3.63) is 55.1 Å². The number of imidazole rings is 1. The number of thioether (sulfide) groups is 1. The number of carbonyl (C=O) groups excluding carboxylic acids is 1. The highest BCUT2D eigenvalue weighted by molar-refractivity contribution is 7.98. The summed E-state index contributed by atoms with van der Waals surface area (Å²) >= 11 is 1.57. The van der Waals surface area contributed by atoms with Crippen LogP contribution in [0.25, 0.3) is 11.2 Å². The lowest BCUT2D eigenvalue weighted by atomic mass is 10.1. The van der Waals surface area contributed by atoms with Crippen LogP contribution in [0.5, 0.6) is 0 Å². The fourth-order valence-electron chi connectivity index (χ4n) is 4.16. The number of hydrogen-bond acceptors (Lipinski definition) is 11. The lowest BCUT2D eigenvalue weighted by molar-refractivity contribution is -0.138. The Kier molecular flexibility index (Phi) is 8.83. The fourth-order valence-corrected chi connectivity index (χ4v) is 5.44. The van der Waals surface area contributed by atoms with Gasteiger partial charge < -0.3 is 14.8 Å². The Morgan fingerprint density at radius 2 is 2.05 bits per heavy atom. The molecule has 0 saturated carbocycles. The maximum absolute atomic E-state index is 13.1. The molecule has 0 saturated heterocycles. The number of fused-ring (bicyclic) bond motifs is 1. The lowest BCUT2D eigenvalue weighted by Gasteiger charge is -2.30. The fraction of sp³-hybridized carbons (Fsp3) is 0.391. The normalized spacial score (nSPS) is 19.5. The van der Waals surface area contributed by atoms with Gasteiger partial charge >= 0.3 is 13.7 Å². The van der Waals surface area contributed by atoms with Crippen molar-refractivity contribution in [2.75, 3.05) is 36.5 Å². The zero-order valence-corrected chi connectivity index (χ0v) is 22.3. The average Bonchev–Trinajstić information content (AvgIpc) is 3.53. The summed E-state index contributed by atoms with van der Waals surface area (Å²) in [4.78, 5) is 31.1. The molecule has 0 radical (unpaired) electrons. The SMILES string of the molecule is CON(c1ccccc1)[C@@H](CCSC)C(=O)OP(N)(=O)OC[C@H]1C=C[C@@H](n2cnc3c(N)ncnc32)C1. The number of hydroxylamine groups is 1. The van der Waals surface area contributed by atoms with Crippen molar-refractivity contribution in [1.29, 1.82) is 0 Å². The Hall–Kier alpha value is -2.96. The molecule has 4 N–H and O–H groups in total. The van der Waals surface area contributed by atoms with Crippen LogP contribution >= 0.6 is 19.5 Å². The van der Waals surface area contributed by atoms with Gasteiger partial charge in [0.05, 0.1) is 31.8 Å². The second-order valence-electron chi connectivity index (χ2n) is 8.42. The van der Waals surface area contributed by atoms with Crippen molar-refractivity contribution in [1.82, 2.24) is 19.5 Å². The summed E-state index contributed by atoms with van der Waals surface area (Å²) in [5.74, 6) is 0.0687. The molecule has 2 heterocycles. The topological polar surface area (TPSA) is 161 Å². The van der Waals surface area contributed by atoms with Crippen molar-refractivity contribution in [2.45, 2.75) is 24.9 Å². The first-order valence-corrected chi connectivity index (χ1v) is 14.6. The minimum absolute atomic E-state index is 0.0139. The summed E-state index contributed by atoms with van der Waals surface area (Å²) in [5.41, 5.74) is 13.5. The number of nitrogens with two attached hydrogens (primary N) is 2. The maximum atomic E-state index is 13.1. The number of anilines is 2. The minimum atomic E-state index is -4.18. The molecule has 198 valence electrons. The van der Waals surface area contributed by atoms with E-state index in [9.17, 15) is 9.36 Å². The van der Waals surface area contributed by atoms with E-state index in [1.54, 1.807) is 30.2 Å².